The highest BCUT2D eigenvalue weighted by Gasteiger charge is 2.18. The van der Waals surface area contributed by atoms with E-state index in [1.807, 2.05) is 0 Å². The van der Waals surface area contributed by atoms with Crippen molar-refractivity contribution in [3.8, 4) is 5.75 Å². The van der Waals surface area contributed by atoms with Gasteiger partial charge in [0.05, 0.1) is 36.7 Å². The molecule has 0 radical (unpaired) electrons. The Morgan fingerprint density at radius 3 is 2.33 bits per heavy atom. The zero-order chi connectivity index (χ0) is 22.3. The van der Waals surface area contributed by atoms with Gasteiger partial charge < -0.3 is 14.8 Å². The summed E-state index contributed by atoms with van der Waals surface area (Å²) < 4.78 is 35.3. The molecule has 162 valence electrons. The molecule has 0 spiro atoms. The number of halogens is 1. The zero-order valence-corrected chi connectivity index (χ0v) is 18.4. The number of amides is 1. The lowest BCUT2D eigenvalue weighted by Gasteiger charge is -2.22. The Hall–Kier alpha value is -2.78. The quantitative estimate of drug-likeness (QED) is 0.583. The maximum absolute atomic E-state index is 12.3. The maximum atomic E-state index is 12.3. The fourth-order valence-corrected chi connectivity index (χ4v) is 3.87. The molecule has 0 aliphatic heterocycles. The van der Waals surface area contributed by atoms with Gasteiger partial charge in [0, 0.05) is 18.7 Å². The van der Waals surface area contributed by atoms with Crippen LogP contribution in [0.4, 0.5) is 11.4 Å². The molecule has 0 bridgehead atoms. The van der Waals surface area contributed by atoms with Crippen LogP contribution in [-0.4, -0.2) is 47.3 Å². The lowest BCUT2D eigenvalue weighted by Crippen LogP contribution is -2.31. The van der Waals surface area contributed by atoms with Crippen molar-refractivity contribution in [2.75, 3.05) is 36.6 Å². The summed E-state index contributed by atoms with van der Waals surface area (Å²) >= 11 is 5.96. The van der Waals surface area contributed by atoms with Crippen molar-refractivity contribution < 1.29 is 27.5 Å². The molecule has 0 aliphatic rings. The number of rotatable bonds is 9. The molecule has 0 aliphatic carbocycles. The first-order valence-electron chi connectivity index (χ1n) is 8.95. The molecule has 30 heavy (non-hydrogen) atoms. The molecule has 0 fully saturated rings. The highest BCUT2D eigenvalue weighted by atomic mass is 35.5. The van der Waals surface area contributed by atoms with Crippen LogP contribution in [0.15, 0.2) is 42.5 Å². The van der Waals surface area contributed by atoms with Gasteiger partial charge in [-0.15, -0.1) is 0 Å². The van der Waals surface area contributed by atoms with Gasteiger partial charge >= 0.3 is 5.97 Å². The third kappa shape index (κ3) is 6.36. The van der Waals surface area contributed by atoms with Crippen LogP contribution in [0.5, 0.6) is 5.75 Å². The first-order valence-corrected chi connectivity index (χ1v) is 11.2. The monoisotopic (exact) mass is 454 g/mol. The van der Waals surface area contributed by atoms with E-state index in [0.29, 0.717) is 23.5 Å². The Balaban J connectivity index is 2.00. The van der Waals surface area contributed by atoms with Crippen molar-refractivity contribution in [2.24, 2.45) is 0 Å². The molecule has 0 heterocycles. The first-order chi connectivity index (χ1) is 14.2. The van der Waals surface area contributed by atoms with Gasteiger partial charge in [0.1, 0.15) is 5.75 Å². The molecule has 1 amide bonds. The molecule has 10 heteroatoms. The van der Waals surface area contributed by atoms with E-state index in [-0.39, 0.29) is 29.5 Å². The summed E-state index contributed by atoms with van der Waals surface area (Å²) in [5, 5.41) is 2.88. The second kappa shape index (κ2) is 10.3. The molecular formula is C20H23ClN2O6S. The summed E-state index contributed by atoms with van der Waals surface area (Å²) in [6.45, 7) is 0.132. The minimum atomic E-state index is -3.52. The van der Waals surface area contributed by atoms with Crippen molar-refractivity contribution in [1.82, 2.24) is 0 Å². The summed E-state index contributed by atoms with van der Waals surface area (Å²) in [4.78, 5) is 24.0. The van der Waals surface area contributed by atoms with E-state index in [0.717, 1.165) is 6.26 Å². The molecule has 2 rings (SSSR count). The van der Waals surface area contributed by atoms with Gasteiger partial charge in [-0.2, -0.15) is 0 Å². The molecule has 1 N–H and O–H groups in total. The van der Waals surface area contributed by atoms with Gasteiger partial charge in [0.15, 0.2) is 0 Å². The average molecular weight is 455 g/mol. The maximum Gasteiger partial charge on any atom is 0.339 e. The van der Waals surface area contributed by atoms with Crippen LogP contribution in [0.25, 0.3) is 0 Å². The van der Waals surface area contributed by atoms with E-state index < -0.39 is 16.0 Å². The van der Waals surface area contributed by atoms with Gasteiger partial charge in [-0.25, -0.2) is 13.2 Å². The van der Waals surface area contributed by atoms with Crippen molar-refractivity contribution in [3.63, 3.8) is 0 Å². The number of esters is 1. The van der Waals surface area contributed by atoms with E-state index in [9.17, 15) is 18.0 Å². The van der Waals surface area contributed by atoms with Crippen LogP contribution in [0, 0.1) is 0 Å². The van der Waals surface area contributed by atoms with Crippen LogP contribution >= 0.6 is 11.6 Å². The van der Waals surface area contributed by atoms with Gasteiger partial charge in [-0.05, 0) is 48.9 Å². The molecule has 0 atom stereocenters. The third-order valence-corrected chi connectivity index (χ3v) is 5.70. The number of nitrogens with one attached hydrogen (secondary N) is 1. The summed E-state index contributed by atoms with van der Waals surface area (Å²) in [5.41, 5.74) is 1.01. The fraction of sp³-hybridized carbons (Fsp3) is 0.300. The lowest BCUT2D eigenvalue weighted by atomic mass is 10.2. The average Bonchev–Trinajstić information content (AvgIpc) is 2.71. The van der Waals surface area contributed by atoms with Gasteiger partial charge in [0.25, 0.3) is 0 Å². The molecule has 0 aromatic heterocycles. The fourth-order valence-electron chi connectivity index (χ4n) is 2.71. The van der Waals surface area contributed by atoms with Gasteiger partial charge in [-0.1, -0.05) is 11.6 Å². The summed E-state index contributed by atoms with van der Waals surface area (Å²) in [6, 6.07) is 11.1. The van der Waals surface area contributed by atoms with Crippen LogP contribution < -0.4 is 14.4 Å². The number of benzene rings is 2. The Kier molecular flexibility index (Phi) is 8.08. The summed E-state index contributed by atoms with van der Waals surface area (Å²) in [7, 11) is -0.761. The summed E-state index contributed by atoms with van der Waals surface area (Å²) in [5.74, 6) is -0.323. The largest absolute Gasteiger partial charge is 0.497 e. The molecule has 0 saturated heterocycles. The zero-order valence-electron chi connectivity index (χ0n) is 16.8. The molecule has 0 unspecified atom stereocenters. The number of sulfonamides is 1. The Morgan fingerprint density at radius 2 is 1.77 bits per heavy atom. The number of hydrogen-bond donors (Lipinski definition) is 1. The first kappa shape index (κ1) is 23.5. The number of nitrogens with zero attached hydrogens (tertiary/aromatic N) is 1. The SMILES string of the molecule is COC(=O)c1cc(NC(=O)CCCN(c2ccc(OC)cc2)S(C)(=O)=O)ccc1Cl. The number of carbonyl (C=O) groups is 2. The van der Waals surface area contributed by atoms with Gasteiger partial charge in [-0.3, -0.25) is 9.10 Å². The van der Waals surface area contributed by atoms with Crippen LogP contribution in [0.1, 0.15) is 23.2 Å². The van der Waals surface area contributed by atoms with Crippen LogP contribution in [-0.2, 0) is 19.6 Å². The molecule has 8 nitrogen and oxygen atoms in total. The minimum absolute atomic E-state index is 0.0817. The van der Waals surface area contributed by atoms with E-state index in [1.54, 1.807) is 30.3 Å². The van der Waals surface area contributed by atoms with Crippen LogP contribution in [0.3, 0.4) is 0 Å². The number of ether oxygens (including phenoxy) is 2. The van der Waals surface area contributed by atoms with E-state index in [2.05, 4.69) is 10.1 Å². The predicted molar refractivity (Wildman–Crippen MR) is 116 cm³/mol. The van der Waals surface area contributed by atoms with Crippen molar-refractivity contribution in [1.29, 1.82) is 0 Å². The number of anilines is 2. The molecular weight excluding hydrogens is 432 g/mol. The second-order valence-electron chi connectivity index (χ2n) is 6.37. The van der Waals surface area contributed by atoms with E-state index in [1.165, 1.54) is 30.7 Å². The minimum Gasteiger partial charge on any atom is -0.497 e. The Labute approximate surface area is 180 Å². The van der Waals surface area contributed by atoms with Crippen molar-refractivity contribution in [3.05, 3.63) is 53.1 Å². The second-order valence-corrected chi connectivity index (χ2v) is 8.69. The number of hydrogen-bond acceptors (Lipinski definition) is 6. The number of carbonyl (C=O) groups excluding carboxylic acids is 2. The highest BCUT2D eigenvalue weighted by molar-refractivity contribution is 7.92. The van der Waals surface area contributed by atoms with E-state index >= 15 is 0 Å². The van der Waals surface area contributed by atoms with Crippen LogP contribution in [0.2, 0.25) is 5.02 Å². The van der Waals surface area contributed by atoms with E-state index in [4.69, 9.17) is 16.3 Å². The Morgan fingerprint density at radius 1 is 1.10 bits per heavy atom. The van der Waals surface area contributed by atoms with Gasteiger partial charge in [0.2, 0.25) is 15.9 Å². The molecule has 0 saturated carbocycles. The standard InChI is InChI=1S/C20H23ClN2O6S/c1-28-16-9-7-15(8-10-16)23(30(3,26)27)12-4-5-19(24)22-14-6-11-18(21)17(13-14)20(25)29-2/h6-11,13H,4-5,12H2,1-3H3,(H,22,24). The lowest BCUT2D eigenvalue weighted by molar-refractivity contribution is -0.116. The molecule has 2 aromatic rings. The topological polar surface area (TPSA) is 102 Å². The predicted octanol–water partition coefficient (Wildman–Crippen LogP) is 3.32. The highest BCUT2D eigenvalue weighted by Crippen LogP contribution is 2.23. The summed E-state index contributed by atoms with van der Waals surface area (Å²) in [6.07, 6.45) is 1.49. The normalized spacial score (nSPS) is 10.9. The molecule has 2 aromatic carbocycles. The van der Waals surface area contributed by atoms with Crippen molar-refractivity contribution in [2.45, 2.75) is 12.8 Å². The Bertz CT molecular complexity index is 1010. The smallest absolute Gasteiger partial charge is 0.339 e. The number of methoxy groups -OCH3 is 2. The third-order valence-electron chi connectivity index (χ3n) is 4.18. The van der Waals surface area contributed by atoms with Crippen molar-refractivity contribution >= 4 is 44.9 Å².